The van der Waals surface area contributed by atoms with Crippen molar-refractivity contribution in [2.24, 2.45) is 5.92 Å². The van der Waals surface area contributed by atoms with Gasteiger partial charge in [0.1, 0.15) is 6.04 Å². The Morgan fingerprint density at radius 1 is 1.80 bits per heavy atom. The maximum absolute atomic E-state index is 10.4. The monoisotopic (exact) mass is 139 g/mol. The molecule has 10 heavy (non-hydrogen) atoms. The van der Waals surface area contributed by atoms with Crippen LogP contribution >= 0.6 is 0 Å². The maximum Gasteiger partial charge on any atom is 0.321 e. The molecule has 0 aliphatic carbocycles. The molecular weight excluding hydrogens is 130 g/mol. The molecule has 3 nitrogen and oxygen atoms in total. The molecule has 1 aliphatic heterocycles. The van der Waals surface area contributed by atoms with Crippen molar-refractivity contribution in [1.82, 2.24) is 5.32 Å². The number of aliphatic carboxylic acids is 1. The van der Waals surface area contributed by atoms with Crippen LogP contribution in [0.1, 0.15) is 6.42 Å². The second-order valence-electron chi connectivity index (χ2n) is 2.33. The Morgan fingerprint density at radius 2 is 2.50 bits per heavy atom. The van der Waals surface area contributed by atoms with E-state index in [-0.39, 0.29) is 5.92 Å². The average molecular weight is 139 g/mol. The zero-order chi connectivity index (χ0) is 7.56. The molecule has 0 radical (unpaired) electrons. The second kappa shape index (κ2) is 2.72. The van der Waals surface area contributed by atoms with Gasteiger partial charge >= 0.3 is 5.97 Å². The van der Waals surface area contributed by atoms with E-state index in [0.29, 0.717) is 6.54 Å². The van der Waals surface area contributed by atoms with E-state index in [2.05, 4.69) is 11.2 Å². The fourth-order valence-corrected chi connectivity index (χ4v) is 1.14. The lowest BCUT2D eigenvalue weighted by molar-refractivity contribution is -0.139. The molecule has 2 N–H and O–H groups in total. The van der Waals surface area contributed by atoms with Gasteiger partial charge < -0.3 is 10.4 Å². The molecule has 2 atom stereocenters. The highest BCUT2D eigenvalue weighted by Crippen LogP contribution is 2.13. The van der Waals surface area contributed by atoms with E-state index < -0.39 is 12.0 Å². The summed E-state index contributed by atoms with van der Waals surface area (Å²) in [4.78, 5) is 10.4. The minimum atomic E-state index is -0.847. The van der Waals surface area contributed by atoms with E-state index in [1.807, 2.05) is 0 Å². The van der Waals surface area contributed by atoms with Crippen LogP contribution < -0.4 is 5.32 Å². The lowest BCUT2D eigenvalue weighted by Gasteiger charge is -2.07. The average Bonchev–Trinajstić information content (AvgIpc) is 2.33. The summed E-state index contributed by atoms with van der Waals surface area (Å²) in [6, 6.07) is -0.523. The summed E-state index contributed by atoms with van der Waals surface area (Å²) < 4.78 is 0. The van der Waals surface area contributed by atoms with Crippen molar-refractivity contribution in [1.29, 1.82) is 0 Å². The summed E-state index contributed by atoms with van der Waals surface area (Å²) >= 11 is 0. The van der Waals surface area contributed by atoms with Crippen LogP contribution in [0.25, 0.3) is 0 Å². The number of carboxylic acid groups (broad SMARTS) is 1. The van der Waals surface area contributed by atoms with Crippen molar-refractivity contribution in [3.8, 4) is 12.3 Å². The number of rotatable bonds is 1. The lowest BCUT2D eigenvalue weighted by Crippen LogP contribution is -2.34. The normalized spacial score (nSPS) is 31.5. The molecule has 0 bridgehead atoms. The van der Waals surface area contributed by atoms with Crippen LogP contribution in [0, 0.1) is 18.3 Å². The summed E-state index contributed by atoms with van der Waals surface area (Å²) in [5, 5.41) is 11.4. The second-order valence-corrected chi connectivity index (χ2v) is 2.33. The molecule has 2 unspecified atom stereocenters. The van der Waals surface area contributed by atoms with Gasteiger partial charge in [0.15, 0.2) is 0 Å². The Bertz CT molecular complexity index is 183. The van der Waals surface area contributed by atoms with Gasteiger partial charge in [0.05, 0.1) is 0 Å². The van der Waals surface area contributed by atoms with Gasteiger partial charge in [-0.2, -0.15) is 0 Å². The van der Waals surface area contributed by atoms with Crippen LogP contribution in [0.5, 0.6) is 0 Å². The smallest absolute Gasteiger partial charge is 0.321 e. The molecule has 1 aliphatic rings. The van der Waals surface area contributed by atoms with Crippen LogP contribution in [0.4, 0.5) is 0 Å². The predicted octanol–water partition coefficient (Wildman–Crippen LogP) is -0.318. The Kier molecular flexibility index (Phi) is 1.93. The van der Waals surface area contributed by atoms with Crippen molar-refractivity contribution >= 4 is 5.97 Å². The Balaban J connectivity index is 2.61. The largest absolute Gasteiger partial charge is 0.480 e. The van der Waals surface area contributed by atoms with Gasteiger partial charge in [0, 0.05) is 5.92 Å². The van der Waals surface area contributed by atoms with Gasteiger partial charge in [-0.05, 0) is 13.0 Å². The number of terminal acetylenes is 1. The van der Waals surface area contributed by atoms with Crippen LogP contribution in [0.15, 0.2) is 0 Å². The molecule has 0 spiro atoms. The number of nitrogens with one attached hydrogen (secondary N) is 1. The van der Waals surface area contributed by atoms with Gasteiger partial charge in [0.25, 0.3) is 0 Å². The topological polar surface area (TPSA) is 49.3 Å². The molecule has 54 valence electrons. The van der Waals surface area contributed by atoms with Crippen molar-refractivity contribution in [2.75, 3.05) is 6.54 Å². The molecule has 0 saturated carbocycles. The molecule has 0 aromatic heterocycles. The molecule has 0 aromatic rings. The highest BCUT2D eigenvalue weighted by molar-refractivity contribution is 5.74. The maximum atomic E-state index is 10.4. The zero-order valence-electron chi connectivity index (χ0n) is 5.50. The fraction of sp³-hybridized carbons (Fsp3) is 0.571. The minimum absolute atomic E-state index is 0.127. The van der Waals surface area contributed by atoms with E-state index in [1.54, 1.807) is 0 Å². The first-order valence-corrected chi connectivity index (χ1v) is 3.18. The molecule has 3 heteroatoms. The Labute approximate surface area is 59.4 Å². The molecule has 1 fully saturated rings. The summed E-state index contributed by atoms with van der Waals surface area (Å²) in [7, 11) is 0. The Morgan fingerprint density at radius 3 is 2.90 bits per heavy atom. The number of carboxylic acids is 1. The van der Waals surface area contributed by atoms with Gasteiger partial charge in [-0.1, -0.05) is 0 Å². The highest BCUT2D eigenvalue weighted by atomic mass is 16.4. The molecule has 0 aromatic carbocycles. The molecule has 1 saturated heterocycles. The predicted molar refractivity (Wildman–Crippen MR) is 36.4 cm³/mol. The van der Waals surface area contributed by atoms with E-state index >= 15 is 0 Å². The van der Waals surface area contributed by atoms with Crippen LogP contribution in [-0.4, -0.2) is 23.7 Å². The summed E-state index contributed by atoms with van der Waals surface area (Å²) in [6.07, 6.45) is 5.88. The standard InChI is InChI=1S/C7H9NO2/c1-2-5-3-4-8-6(5)7(9)10/h1,5-6,8H,3-4H2,(H,9,10). The van der Waals surface area contributed by atoms with Crippen LogP contribution in [0.3, 0.4) is 0 Å². The van der Waals surface area contributed by atoms with Gasteiger partial charge in [0.2, 0.25) is 0 Å². The van der Waals surface area contributed by atoms with E-state index in [0.717, 1.165) is 6.42 Å². The highest BCUT2D eigenvalue weighted by Gasteiger charge is 2.30. The molecule has 0 amide bonds. The first-order chi connectivity index (χ1) is 4.75. The first-order valence-electron chi connectivity index (χ1n) is 3.18. The quantitative estimate of drug-likeness (QED) is 0.489. The van der Waals surface area contributed by atoms with Crippen molar-refractivity contribution in [3.05, 3.63) is 0 Å². The van der Waals surface area contributed by atoms with E-state index in [1.165, 1.54) is 0 Å². The Hall–Kier alpha value is -1.01. The third kappa shape index (κ3) is 1.12. The zero-order valence-corrected chi connectivity index (χ0v) is 5.50. The van der Waals surface area contributed by atoms with Crippen molar-refractivity contribution in [3.63, 3.8) is 0 Å². The number of hydrogen-bond donors (Lipinski definition) is 2. The molecule has 1 rings (SSSR count). The van der Waals surface area contributed by atoms with Gasteiger partial charge in [-0.3, -0.25) is 4.79 Å². The molecule has 1 heterocycles. The minimum Gasteiger partial charge on any atom is -0.480 e. The van der Waals surface area contributed by atoms with Crippen molar-refractivity contribution < 1.29 is 9.90 Å². The lowest BCUT2D eigenvalue weighted by atomic mass is 10.0. The van der Waals surface area contributed by atoms with Gasteiger partial charge in [-0.15, -0.1) is 12.3 Å². The third-order valence-electron chi connectivity index (χ3n) is 1.70. The molecular formula is C7H9NO2. The third-order valence-corrected chi connectivity index (χ3v) is 1.70. The first kappa shape index (κ1) is 7.10. The van der Waals surface area contributed by atoms with Crippen LogP contribution in [-0.2, 0) is 4.79 Å². The summed E-state index contributed by atoms with van der Waals surface area (Å²) in [5.74, 6) is 1.48. The summed E-state index contributed by atoms with van der Waals surface area (Å²) in [5.41, 5.74) is 0. The summed E-state index contributed by atoms with van der Waals surface area (Å²) in [6.45, 7) is 0.714. The van der Waals surface area contributed by atoms with E-state index in [4.69, 9.17) is 11.5 Å². The SMILES string of the molecule is C#CC1CCNC1C(=O)O. The van der Waals surface area contributed by atoms with Gasteiger partial charge in [-0.25, -0.2) is 0 Å². The number of hydrogen-bond acceptors (Lipinski definition) is 2. The fourth-order valence-electron chi connectivity index (χ4n) is 1.14. The van der Waals surface area contributed by atoms with Crippen LogP contribution in [0.2, 0.25) is 0 Å². The van der Waals surface area contributed by atoms with Crippen molar-refractivity contribution in [2.45, 2.75) is 12.5 Å². The van der Waals surface area contributed by atoms with E-state index in [9.17, 15) is 4.79 Å². The number of carbonyl (C=O) groups is 1.